The highest BCUT2D eigenvalue weighted by atomic mass is 15.3. The fourth-order valence-corrected chi connectivity index (χ4v) is 2.24. The van der Waals surface area contributed by atoms with Gasteiger partial charge in [0.25, 0.3) is 0 Å². The van der Waals surface area contributed by atoms with Crippen molar-refractivity contribution in [3.05, 3.63) is 17.0 Å². The molecule has 14 heavy (non-hydrogen) atoms. The highest BCUT2D eigenvalue weighted by Gasteiger charge is 2.48. The van der Waals surface area contributed by atoms with Crippen LogP contribution in [-0.4, -0.2) is 9.78 Å². The first kappa shape index (κ1) is 9.26. The van der Waals surface area contributed by atoms with Crippen molar-refractivity contribution in [1.82, 2.24) is 9.78 Å². The smallest absolute Gasteiger partial charge is 0.0859 e. The van der Waals surface area contributed by atoms with Crippen molar-refractivity contribution >= 4 is 0 Å². The number of hydrogen-bond donors (Lipinski definition) is 0. The van der Waals surface area contributed by atoms with E-state index in [1.165, 1.54) is 11.3 Å². The fraction of sp³-hybridized carbons (Fsp3) is 0.636. The Morgan fingerprint density at radius 1 is 1.50 bits per heavy atom. The molecular weight excluding hydrogens is 174 g/mol. The molecule has 0 aromatic carbocycles. The molecule has 1 heterocycles. The largest absolute Gasteiger partial charge is 0.270 e. The van der Waals surface area contributed by atoms with Gasteiger partial charge < -0.3 is 0 Å². The zero-order valence-electron chi connectivity index (χ0n) is 8.96. The van der Waals surface area contributed by atoms with Crippen molar-refractivity contribution < 1.29 is 0 Å². The Balaban J connectivity index is 2.54. The number of nitriles is 1. The van der Waals surface area contributed by atoms with Gasteiger partial charge in [0, 0.05) is 17.8 Å². The zero-order chi connectivity index (χ0) is 10.3. The summed E-state index contributed by atoms with van der Waals surface area (Å²) in [6.07, 6.45) is 2.00. The van der Waals surface area contributed by atoms with Gasteiger partial charge in [-0.05, 0) is 33.6 Å². The number of aromatic nitrogens is 2. The van der Waals surface area contributed by atoms with E-state index in [0.717, 1.165) is 25.1 Å². The van der Waals surface area contributed by atoms with Crippen molar-refractivity contribution in [2.24, 2.45) is 0 Å². The van der Waals surface area contributed by atoms with Crippen LogP contribution in [0.15, 0.2) is 0 Å². The Kier molecular flexibility index (Phi) is 1.88. The molecule has 2 rings (SSSR count). The Morgan fingerprint density at radius 2 is 2.14 bits per heavy atom. The minimum absolute atomic E-state index is 0.193. The number of rotatable bonds is 2. The van der Waals surface area contributed by atoms with E-state index in [1.807, 2.05) is 11.6 Å². The standard InChI is InChI=1S/C11H15N3/c1-4-14-9(3)10(8(2)13-14)11(7-12)5-6-11/h4-6H2,1-3H3. The normalized spacial score (nSPS) is 17.9. The predicted octanol–water partition coefficient (Wildman–Crippen LogP) is 2.08. The van der Waals surface area contributed by atoms with Crippen LogP contribution >= 0.6 is 0 Å². The van der Waals surface area contributed by atoms with E-state index in [4.69, 9.17) is 5.26 Å². The maximum atomic E-state index is 9.15. The third kappa shape index (κ3) is 1.07. The zero-order valence-corrected chi connectivity index (χ0v) is 8.96. The van der Waals surface area contributed by atoms with Crippen LogP contribution in [0.2, 0.25) is 0 Å². The first-order chi connectivity index (χ1) is 6.64. The Bertz CT molecular complexity index is 405. The summed E-state index contributed by atoms with van der Waals surface area (Å²) in [5, 5.41) is 13.6. The molecule has 1 fully saturated rings. The van der Waals surface area contributed by atoms with E-state index in [9.17, 15) is 0 Å². The molecule has 0 unspecified atom stereocenters. The minimum atomic E-state index is -0.193. The van der Waals surface area contributed by atoms with Crippen LogP contribution in [0.1, 0.15) is 36.7 Å². The molecule has 1 aliphatic carbocycles. The second-order valence-corrected chi connectivity index (χ2v) is 4.06. The van der Waals surface area contributed by atoms with Gasteiger partial charge in [-0.3, -0.25) is 4.68 Å². The van der Waals surface area contributed by atoms with Crippen LogP contribution in [0.5, 0.6) is 0 Å². The molecule has 1 saturated carbocycles. The molecule has 1 aliphatic rings. The quantitative estimate of drug-likeness (QED) is 0.714. The van der Waals surface area contributed by atoms with Crippen LogP contribution in [0.25, 0.3) is 0 Å². The van der Waals surface area contributed by atoms with Crippen molar-refractivity contribution in [1.29, 1.82) is 5.26 Å². The van der Waals surface area contributed by atoms with Crippen molar-refractivity contribution in [2.45, 2.75) is 45.6 Å². The summed E-state index contributed by atoms with van der Waals surface area (Å²) in [7, 11) is 0. The molecule has 0 radical (unpaired) electrons. The summed E-state index contributed by atoms with van der Waals surface area (Å²) in [6, 6.07) is 2.43. The molecule has 0 saturated heterocycles. The van der Waals surface area contributed by atoms with Gasteiger partial charge in [0.1, 0.15) is 0 Å². The van der Waals surface area contributed by atoms with E-state index in [0.29, 0.717) is 0 Å². The highest BCUT2D eigenvalue weighted by Crippen LogP contribution is 2.49. The summed E-state index contributed by atoms with van der Waals surface area (Å²) >= 11 is 0. The van der Waals surface area contributed by atoms with E-state index in [2.05, 4.69) is 25.0 Å². The second kappa shape index (κ2) is 2.84. The molecular formula is C11H15N3. The fourth-order valence-electron chi connectivity index (χ4n) is 2.24. The summed E-state index contributed by atoms with van der Waals surface area (Å²) in [4.78, 5) is 0. The maximum absolute atomic E-state index is 9.15. The molecule has 1 aromatic rings. The highest BCUT2D eigenvalue weighted by molar-refractivity contribution is 5.44. The molecule has 1 aromatic heterocycles. The average Bonchev–Trinajstić information content (AvgIpc) is 2.90. The van der Waals surface area contributed by atoms with Crippen molar-refractivity contribution in [3.63, 3.8) is 0 Å². The third-order valence-electron chi connectivity index (χ3n) is 3.12. The summed E-state index contributed by atoms with van der Waals surface area (Å²) in [5.41, 5.74) is 3.19. The maximum Gasteiger partial charge on any atom is 0.0859 e. The van der Waals surface area contributed by atoms with E-state index >= 15 is 0 Å². The van der Waals surface area contributed by atoms with Gasteiger partial charge in [0.15, 0.2) is 0 Å². The van der Waals surface area contributed by atoms with Gasteiger partial charge in [0.2, 0.25) is 0 Å². The van der Waals surface area contributed by atoms with Crippen LogP contribution < -0.4 is 0 Å². The molecule has 3 heteroatoms. The summed E-state index contributed by atoms with van der Waals surface area (Å²) < 4.78 is 1.99. The Morgan fingerprint density at radius 3 is 2.50 bits per heavy atom. The summed E-state index contributed by atoms with van der Waals surface area (Å²) in [5.74, 6) is 0. The van der Waals surface area contributed by atoms with Gasteiger partial charge in [-0.2, -0.15) is 10.4 Å². The SMILES string of the molecule is CCn1nc(C)c(C2(C#N)CC2)c1C. The van der Waals surface area contributed by atoms with E-state index in [1.54, 1.807) is 0 Å². The lowest BCUT2D eigenvalue weighted by atomic mass is 9.96. The van der Waals surface area contributed by atoms with Gasteiger partial charge in [0.05, 0.1) is 17.2 Å². The molecule has 0 bridgehead atoms. The molecule has 74 valence electrons. The molecule has 0 spiro atoms. The molecule has 0 N–H and O–H groups in total. The first-order valence-corrected chi connectivity index (χ1v) is 5.10. The number of aryl methyl sites for hydroxylation is 2. The van der Waals surface area contributed by atoms with Crippen molar-refractivity contribution in [3.8, 4) is 6.07 Å². The Hall–Kier alpha value is -1.30. The molecule has 0 amide bonds. The minimum Gasteiger partial charge on any atom is -0.270 e. The average molecular weight is 189 g/mol. The Labute approximate surface area is 84.3 Å². The lowest BCUT2D eigenvalue weighted by molar-refractivity contribution is 0.632. The van der Waals surface area contributed by atoms with E-state index in [-0.39, 0.29) is 5.41 Å². The van der Waals surface area contributed by atoms with Crippen LogP contribution in [0.4, 0.5) is 0 Å². The topological polar surface area (TPSA) is 41.6 Å². The van der Waals surface area contributed by atoms with Gasteiger partial charge >= 0.3 is 0 Å². The van der Waals surface area contributed by atoms with Crippen LogP contribution in [0.3, 0.4) is 0 Å². The van der Waals surface area contributed by atoms with Gasteiger partial charge in [-0.1, -0.05) is 0 Å². The number of hydrogen-bond acceptors (Lipinski definition) is 2. The first-order valence-electron chi connectivity index (χ1n) is 5.10. The lowest BCUT2D eigenvalue weighted by Crippen LogP contribution is -2.06. The molecule has 0 atom stereocenters. The molecule has 0 aliphatic heterocycles. The van der Waals surface area contributed by atoms with Crippen LogP contribution in [-0.2, 0) is 12.0 Å². The van der Waals surface area contributed by atoms with Gasteiger partial charge in [-0.25, -0.2) is 0 Å². The third-order valence-corrected chi connectivity index (χ3v) is 3.12. The molecule has 3 nitrogen and oxygen atoms in total. The van der Waals surface area contributed by atoms with Crippen LogP contribution in [0, 0.1) is 25.2 Å². The predicted molar refractivity (Wildman–Crippen MR) is 53.9 cm³/mol. The second-order valence-electron chi connectivity index (χ2n) is 4.06. The lowest BCUT2D eigenvalue weighted by Gasteiger charge is -2.06. The summed E-state index contributed by atoms with van der Waals surface area (Å²) in [6.45, 7) is 7.03. The monoisotopic (exact) mass is 189 g/mol. The van der Waals surface area contributed by atoms with Gasteiger partial charge in [-0.15, -0.1) is 0 Å². The van der Waals surface area contributed by atoms with E-state index < -0.39 is 0 Å². The van der Waals surface area contributed by atoms with Crippen molar-refractivity contribution in [2.75, 3.05) is 0 Å². The number of nitrogens with zero attached hydrogens (tertiary/aromatic N) is 3.